The maximum Gasteiger partial charge on any atom is 0.469 e. The fourth-order valence-electron chi connectivity index (χ4n) is 1.99. The van der Waals surface area contributed by atoms with Crippen molar-refractivity contribution in [2.24, 2.45) is 0 Å². The van der Waals surface area contributed by atoms with E-state index in [1.165, 1.54) is 10.8 Å². The normalized spacial score (nSPS) is 25.0. The predicted octanol–water partition coefficient (Wildman–Crippen LogP) is -1.49. The van der Waals surface area contributed by atoms with Gasteiger partial charge < -0.3 is 25.4 Å². The van der Waals surface area contributed by atoms with E-state index < -0.39 is 38.6 Å². The van der Waals surface area contributed by atoms with Crippen molar-refractivity contribution in [1.29, 1.82) is 0 Å². The Morgan fingerprint density at radius 1 is 1.59 bits per heavy atom. The number of aliphatic hydroxyl groups excluding tert-OH is 1. The molecule has 1 saturated heterocycles. The van der Waals surface area contributed by atoms with E-state index in [4.69, 9.17) is 20.3 Å². The molecule has 1 aromatic heterocycles. The van der Waals surface area contributed by atoms with Crippen LogP contribution in [0.25, 0.3) is 0 Å². The summed E-state index contributed by atoms with van der Waals surface area (Å²) in [5.74, 6) is 0.108. The van der Waals surface area contributed by atoms with Crippen LogP contribution in [0.1, 0.15) is 18.2 Å². The molecule has 22 heavy (non-hydrogen) atoms. The Balaban J connectivity index is 0.00000242. The van der Waals surface area contributed by atoms with Gasteiger partial charge in [-0.25, -0.2) is 9.36 Å². The largest absolute Gasteiger partial charge is 0.469 e. The van der Waals surface area contributed by atoms with Crippen molar-refractivity contribution < 1.29 is 28.7 Å². The first-order chi connectivity index (χ1) is 9.67. The van der Waals surface area contributed by atoms with Crippen LogP contribution >= 0.6 is 7.82 Å². The van der Waals surface area contributed by atoms with Gasteiger partial charge in [-0.2, -0.15) is 4.98 Å². The van der Waals surface area contributed by atoms with Crippen molar-refractivity contribution in [1.82, 2.24) is 9.55 Å². The van der Waals surface area contributed by atoms with Crippen molar-refractivity contribution in [3.8, 4) is 0 Å². The quantitative estimate of drug-likeness (QED) is 0.377. The minimum Gasteiger partial charge on any atom is -0.390 e. The molecule has 10 nitrogen and oxygen atoms in total. The molecular weight excluding hydrogens is 328 g/mol. The van der Waals surface area contributed by atoms with Gasteiger partial charge in [-0.15, -0.1) is 0 Å². The first kappa shape index (κ1) is 19.8. The molecule has 0 bridgehead atoms. The number of ether oxygens (including phenoxy) is 1. The van der Waals surface area contributed by atoms with E-state index in [0.717, 1.165) is 0 Å². The molecule has 1 aromatic rings. The van der Waals surface area contributed by atoms with Crippen molar-refractivity contribution in [3.63, 3.8) is 0 Å². The Morgan fingerprint density at radius 3 is 2.82 bits per heavy atom. The zero-order valence-corrected chi connectivity index (χ0v) is 15.0. The summed E-state index contributed by atoms with van der Waals surface area (Å²) in [4.78, 5) is 32.6. The number of anilines is 1. The van der Waals surface area contributed by atoms with Gasteiger partial charge in [0.05, 0.1) is 12.7 Å². The maximum atomic E-state index is 11.8. The molecule has 5 N–H and O–H groups in total. The van der Waals surface area contributed by atoms with E-state index in [9.17, 15) is 14.5 Å². The van der Waals surface area contributed by atoms with Crippen LogP contribution < -0.4 is 11.4 Å². The average Bonchev–Trinajstić information content (AvgIpc) is 2.72. The molecule has 1 radical (unpaired) electrons. The number of aryl methyl sites for hydroxylation is 1. The van der Waals surface area contributed by atoms with Crippen LogP contribution in [0.4, 0.5) is 5.82 Å². The topological polar surface area (TPSA) is 157 Å². The number of nitrogen functional groups attached to an aromatic ring is 1. The van der Waals surface area contributed by atoms with Gasteiger partial charge in [0.25, 0.3) is 0 Å². The fraction of sp³-hybridized carbons (Fsp3) is 0.600. The third kappa shape index (κ3) is 4.85. The summed E-state index contributed by atoms with van der Waals surface area (Å²) in [7, 11) is -4.65. The monoisotopic (exact) mass is 344 g/mol. The van der Waals surface area contributed by atoms with E-state index in [0.29, 0.717) is 5.56 Å². The Bertz CT molecular complexity index is 633. The molecule has 0 amide bonds. The molecule has 3 atom stereocenters. The number of hydrogen-bond donors (Lipinski definition) is 4. The van der Waals surface area contributed by atoms with E-state index in [1.54, 1.807) is 6.92 Å². The van der Waals surface area contributed by atoms with E-state index in [2.05, 4.69) is 9.51 Å². The summed E-state index contributed by atoms with van der Waals surface area (Å²) < 4.78 is 21.5. The molecule has 0 unspecified atom stereocenters. The zero-order valence-electron chi connectivity index (χ0n) is 12.1. The third-order valence-electron chi connectivity index (χ3n) is 3.10. The van der Waals surface area contributed by atoms with Gasteiger partial charge in [0, 0.05) is 47.7 Å². The summed E-state index contributed by atoms with van der Waals surface area (Å²) in [6, 6.07) is 0. The predicted molar refractivity (Wildman–Crippen MR) is 75.9 cm³/mol. The minimum atomic E-state index is -4.65. The van der Waals surface area contributed by atoms with Crippen molar-refractivity contribution >= 4 is 43.2 Å². The van der Waals surface area contributed by atoms with Crippen LogP contribution in [-0.4, -0.2) is 72.8 Å². The SMILES string of the molecule is Cc1cn([C@H]2C[C@H](O)[C@@H](COP(=O)(O)O)O2)c(=O)nc1N.[Na]. The van der Waals surface area contributed by atoms with Crippen LogP contribution in [0, 0.1) is 6.92 Å². The fourth-order valence-corrected chi connectivity index (χ4v) is 2.33. The van der Waals surface area contributed by atoms with E-state index >= 15 is 0 Å². The Morgan fingerprint density at radius 2 is 2.23 bits per heavy atom. The van der Waals surface area contributed by atoms with E-state index in [1.807, 2.05) is 0 Å². The number of aliphatic hydroxyl groups is 1. The second kappa shape index (κ2) is 7.52. The van der Waals surface area contributed by atoms with Crippen LogP contribution in [0.15, 0.2) is 11.0 Å². The molecule has 1 aliphatic heterocycles. The van der Waals surface area contributed by atoms with Gasteiger partial charge >= 0.3 is 13.5 Å². The molecule has 0 spiro atoms. The molecule has 0 aliphatic carbocycles. The first-order valence-electron chi connectivity index (χ1n) is 6.06. The summed E-state index contributed by atoms with van der Waals surface area (Å²) in [6.45, 7) is 1.18. The van der Waals surface area contributed by atoms with Crippen LogP contribution in [0.5, 0.6) is 0 Å². The van der Waals surface area contributed by atoms with Gasteiger partial charge in [-0.3, -0.25) is 9.09 Å². The van der Waals surface area contributed by atoms with Crippen molar-refractivity contribution in [2.45, 2.75) is 31.8 Å². The average molecular weight is 344 g/mol. The van der Waals surface area contributed by atoms with Crippen LogP contribution in [-0.2, 0) is 13.8 Å². The second-order valence-corrected chi connectivity index (χ2v) is 5.96. The van der Waals surface area contributed by atoms with E-state index in [-0.39, 0.29) is 41.8 Å². The smallest absolute Gasteiger partial charge is 0.390 e. The molecule has 0 saturated carbocycles. The summed E-state index contributed by atoms with van der Waals surface area (Å²) in [6.07, 6.45) is -1.25. The third-order valence-corrected chi connectivity index (χ3v) is 3.58. The molecule has 0 aromatic carbocycles. The first-order valence-corrected chi connectivity index (χ1v) is 7.59. The van der Waals surface area contributed by atoms with Crippen LogP contribution in [0.3, 0.4) is 0 Å². The molecule has 2 heterocycles. The van der Waals surface area contributed by atoms with Gasteiger partial charge in [-0.05, 0) is 6.92 Å². The summed E-state index contributed by atoms with van der Waals surface area (Å²) in [5.41, 5.74) is 5.46. The van der Waals surface area contributed by atoms with Gasteiger partial charge in [0.2, 0.25) is 0 Å². The zero-order chi connectivity index (χ0) is 15.8. The molecule has 2 rings (SSSR count). The number of nitrogens with zero attached hydrogens (tertiary/aromatic N) is 2. The Labute approximate surface area is 147 Å². The Kier molecular flexibility index (Phi) is 6.75. The molecule has 1 fully saturated rings. The Hall–Kier alpha value is -0.290. The van der Waals surface area contributed by atoms with Gasteiger partial charge in [0.1, 0.15) is 18.1 Å². The molecule has 119 valence electrons. The second-order valence-electron chi connectivity index (χ2n) is 4.72. The molecular formula is C10H16N3NaO7P. The number of nitrogens with two attached hydrogens (primary N) is 1. The summed E-state index contributed by atoms with van der Waals surface area (Å²) >= 11 is 0. The van der Waals surface area contributed by atoms with Crippen molar-refractivity contribution in [2.75, 3.05) is 12.3 Å². The summed E-state index contributed by atoms with van der Waals surface area (Å²) in [5, 5.41) is 9.81. The number of hydrogen-bond acceptors (Lipinski definition) is 7. The maximum absolute atomic E-state index is 11.8. The molecule has 12 heteroatoms. The standard InChI is InChI=1S/C10H16N3O7P.Na/c1-5-3-13(10(15)12-9(5)11)8-2-6(14)7(20-8)4-19-21(16,17)18;/h3,6-8,14H,2,4H2,1H3,(H2,11,12,15)(H2,16,17,18);/t6-,7+,8+;/m0./s1. The van der Waals surface area contributed by atoms with Crippen molar-refractivity contribution in [3.05, 3.63) is 22.2 Å². The number of phosphoric acid groups is 1. The van der Waals surface area contributed by atoms with Crippen LogP contribution in [0.2, 0.25) is 0 Å². The molecule has 1 aliphatic rings. The van der Waals surface area contributed by atoms with Gasteiger partial charge in [0.15, 0.2) is 0 Å². The number of phosphoric ester groups is 1. The minimum absolute atomic E-state index is 0. The number of aromatic nitrogens is 2. The number of rotatable bonds is 4. The van der Waals surface area contributed by atoms with Gasteiger partial charge in [-0.1, -0.05) is 0 Å².